The molecule has 2 aromatic heterocycles. The molecule has 4 heterocycles. The zero-order valence-corrected chi connectivity index (χ0v) is 34.8. The second kappa shape index (κ2) is 18.9. The zero-order valence-electron chi connectivity index (χ0n) is 34.8. The predicted octanol–water partition coefficient (Wildman–Crippen LogP) is 6.30. The number of benzene rings is 2. The number of methoxy groups -OCH3 is 3. The topological polar surface area (TPSA) is 204 Å². The van der Waals surface area contributed by atoms with E-state index in [-0.39, 0.29) is 35.7 Å². The highest BCUT2D eigenvalue weighted by Gasteiger charge is 2.39. The molecule has 0 radical (unpaired) electrons. The van der Waals surface area contributed by atoms with Gasteiger partial charge in [0.15, 0.2) is 6.29 Å². The van der Waals surface area contributed by atoms with Crippen molar-refractivity contribution in [2.24, 2.45) is 11.8 Å². The zero-order chi connectivity index (χ0) is 42.4. The number of aromatic nitrogens is 4. The van der Waals surface area contributed by atoms with Gasteiger partial charge in [0.1, 0.15) is 23.7 Å². The Hall–Kier alpha value is -5.74. The lowest BCUT2D eigenvalue weighted by Gasteiger charge is -2.30. The number of nitrogens with one attached hydrogen (secondary N) is 4. The van der Waals surface area contributed by atoms with Crippen molar-refractivity contribution in [2.45, 2.75) is 90.3 Å². The molecule has 0 saturated carbocycles. The van der Waals surface area contributed by atoms with Gasteiger partial charge in [0.25, 0.3) is 0 Å². The van der Waals surface area contributed by atoms with Crippen LogP contribution in [0.4, 0.5) is 9.59 Å². The number of ether oxygens (including phenoxy) is 3. The molecule has 4 atom stereocenters. The summed E-state index contributed by atoms with van der Waals surface area (Å²) in [6.45, 7) is 8.51. The second-order valence-corrected chi connectivity index (χ2v) is 15.8. The number of hydrogen-bond acceptors (Lipinski definition) is 9. The van der Waals surface area contributed by atoms with Crippen LogP contribution in [0.1, 0.15) is 82.8 Å². The van der Waals surface area contributed by atoms with Crippen molar-refractivity contribution in [3.63, 3.8) is 0 Å². The number of imidazole rings is 2. The Kier molecular flexibility index (Phi) is 13.7. The summed E-state index contributed by atoms with van der Waals surface area (Å²) in [6, 6.07) is 14.2. The minimum Gasteiger partial charge on any atom is -0.465 e. The lowest BCUT2D eigenvalue weighted by molar-refractivity contribution is -0.136. The monoisotopic (exact) mass is 812 g/mol. The number of hydrogen-bond donors (Lipinski definition) is 5. The number of amides is 4. The average Bonchev–Trinajstić information content (AvgIpc) is 4.07. The molecule has 2 fully saturated rings. The molecule has 2 aliphatic rings. The van der Waals surface area contributed by atoms with Crippen LogP contribution in [-0.2, 0) is 30.2 Å². The first kappa shape index (κ1) is 42.9. The summed E-state index contributed by atoms with van der Waals surface area (Å²) in [6.07, 6.45) is 2.84. The molecule has 1 unspecified atom stereocenters. The highest BCUT2D eigenvalue weighted by atomic mass is 16.7. The quantitative estimate of drug-likeness (QED) is 0.0849. The fourth-order valence-corrected chi connectivity index (χ4v) is 8.05. The molecule has 4 amide bonds. The van der Waals surface area contributed by atoms with Crippen molar-refractivity contribution >= 4 is 24.0 Å². The van der Waals surface area contributed by atoms with Crippen LogP contribution >= 0.6 is 0 Å². The predicted molar refractivity (Wildman–Crippen MR) is 220 cm³/mol. The molecule has 0 spiro atoms. The molecule has 6 rings (SSSR count). The number of alkyl carbamates (subject to hydrolysis) is 1. The molecule has 5 N–H and O–H groups in total. The van der Waals surface area contributed by atoms with Gasteiger partial charge < -0.3 is 49.7 Å². The number of likely N-dealkylation sites (tertiary alicyclic amines) is 2. The molecule has 0 aliphatic carbocycles. The van der Waals surface area contributed by atoms with Crippen molar-refractivity contribution in [2.75, 3.05) is 34.4 Å². The van der Waals surface area contributed by atoms with Gasteiger partial charge in [-0.2, -0.15) is 0 Å². The number of carbonyl (C=O) groups is 4. The van der Waals surface area contributed by atoms with Crippen molar-refractivity contribution in [1.29, 1.82) is 0 Å². The number of H-pyrrole nitrogens is 2. The van der Waals surface area contributed by atoms with Gasteiger partial charge in [-0.1, -0.05) is 76.2 Å². The molecule has 16 heteroatoms. The molecule has 2 saturated heterocycles. The summed E-state index contributed by atoms with van der Waals surface area (Å²) in [5, 5.41) is 14.5. The third kappa shape index (κ3) is 9.60. The molecule has 16 nitrogen and oxygen atoms in total. The van der Waals surface area contributed by atoms with Crippen LogP contribution in [0.3, 0.4) is 0 Å². The SMILES string of the molecule is COC(=O)N[C@H](C(=O)N1CCCC1c1ncc(-c2ccc(-c3ccc(-c4nc([C@@H]5CCCN5C(=O)[C@@H](NC(=O)O)C(C)C)[nH]c4CC(OC)OC)cc3)cc2)[nH]1)C(C)C. The van der Waals surface area contributed by atoms with E-state index in [0.717, 1.165) is 58.6 Å². The molecule has 0 bridgehead atoms. The molecular formula is C43H56N8O8. The minimum atomic E-state index is -1.23. The Morgan fingerprint density at radius 2 is 1.25 bits per heavy atom. The Bertz CT molecular complexity index is 2070. The maximum atomic E-state index is 13.7. The Morgan fingerprint density at radius 1 is 0.746 bits per heavy atom. The van der Waals surface area contributed by atoms with Crippen LogP contribution in [0.25, 0.3) is 33.6 Å². The number of carbonyl (C=O) groups excluding carboxylic acids is 3. The van der Waals surface area contributed by atoms with E-state index in [1.165, 1.54) is 7.11 Å². The molecule has 2 aromatic carbocycles. The van der Waals surface area contributed by atoms with E-state index in [1.807, 2.05) is 64.1 Å². The van der Waals surface area contributed by atoms with Crippen LogP contribution in [0.5, 0.6) is 0 Å². The van der Waals surface area contributed by atoms with E-state index in [0.29, 0.717) is 37.6 Å². The maximum Gasteiger partial charge on any atom is 0.407 e. The Labute approximate surface area is 344 Å². The smallest absolute Gasteiger partial charge is 0.407 e. The van der Waals surface area contributed by atoms with E-state index in [1.54, 1.807) is 30.2 Å². The first-order valence-electron chi connectivity index (χ1n) is 20.2. The first-order chi connectivity index (χ1) is 28.3. The van der Waals surface area contributed by atoms with Gasteiger partial charge in [0, 0.05) is 45.0 Å². The maximum absolute atomic E-state index is 13.7. The number of rotatable bonds is 15. The lowest BCUT2D eigenvalue weighted by Crippen LogP contribution is -2.51. The van der Waals surface area contributed by atoms with E-state index >= 15 is 0 Å². The van der Waals surface area contributed by atoms with Gasteiger partial charge >= 0.3 is 12.2 Å². The van der Waals surface area contributed by atoms with Gasteiger partial charge in [0.2, 0.25) is 11.8 Å². The van der Waals surface area contributed by atoms with Crippen molar-refractivity contribution in [3.05, 3.63) is 72.1 Å². The van der Waals surface area contributed by atoms with Crippen molar-refractivity contribution < 1.29 is 38.5 Å². The second-order valence-electron chi connectivity index (χ2n) is 15.8. The van der Waals surface area contributed by atoms with Gasteiger partial charge in [0.05, 0.1) is 36.8 Å². The van der Waals surface area contributed by atoms with Gasteiger partial charge in [-0.05, 0) is 54.2 Å². The van der Waals surface area contributed by atoms with Crippen LogP contribution in [0, 0.1) is 11.8 Å². The molecule has 59 heavy (non-hydrogen) atoms. The van der Waals surface area contributed by atoms with Crippen molar-refractivity contribution in [1.82, 2.24) is 40.4 Å². The van der Waals surface area contributed by atoms with E-state index in [9.17, 15) is 24.3 Å². The fraction of sp³-hybridized carbons (Fsp3) is 0.488. The van der Waals surface area contributed by atoms with E-state index in [2.05, 4.69) is 37.7 Å². The summed E-state index contributed by atoms with van der Waals surface area (Å²) in [5.74, 6) is 0.572. The molecular weight excluding hydrogens is 757 g/mol. The summed E-state index contributed by atoms with van der Waals surface area (Å²) < 4.78 is 15.8. The standard InChI is InChI=1S/C43H56N8O8/c1-24(2)35(48-42(54)55)40(52)51-21-9-11-33(51)39-45-30(22-34(57-5)58-6)37(47-39)29-18-14-27(15-19-29)26-12-16-28(17-13-26)31-23-44-38(46-31)32-10-8-20-50(32)41(53)36(25(3)4)49-43(56)59-7/h12-19,23-25,32-36,48H,8-11,20-22H2,1-7H3,(H,44,46)(H,45,47)(H,49,56)(H,54,55)/t32?,33-,35-,36-/m0/s1. The van der Waals surface area contributed by atoms with Gasteiger partial charge in [-0.15, -0.1) is 0 Å². The summed E-state index contributed by atoms with van der Waals surface area (Å²) in [5.41, 5.74) is 6.21. The Balaban J connectivity index is 1.19. The third-order valence-corrected chi connectivity index (χ3v) is 11.3. The van der Waals surface area contributed by atoms with Crippen LogP contribution in [0.2, 0.25) is 0 Å². The first-order valence-corrected chi connectivity index (χ1v) is 20.2. The van der Waals surface area contributed by atoms with E-state index < -0.39 is 30.6 Å². The summed E-state index contributed by atoms with van der Waals surface area (Å²) in [4.78, 5) is 70.9. The fourth-order valence-electron chi connectivity index (χ4n) is 8.05. The van der Waals surface area contributed by atoms with Crippen LogP contribution in [-0.4, -0.2) is 112 Å². The number of nitrogens with zero attached hydrogens (tertiary/aromatic N) is 4. The number of aromatic amines is 2. The summed E-state index contributed by atoms with van der Waals surface area (Å²) in [7, 11) is 4.45. The largest absolute Gasteiger partial charge is 0.465 e. The van der Waals surface area contributed by atoms with Gasteiger partial charge in [-0.3, -0.25) is 9.59 Å². The molecule has 316 valence electrons. The van der Waals surface area contributed by atoms with E-state index in [4.69, 9.17) is 19.2 Å². The van der Waals surface area contributed by atoms with Crippen molar-refractivity contribution in [3.8, 4) is 33.6 Å². The highest BCUT2D eigenvalue weighted by molar-refractivity contribution is 5.87. The summed E-state index contributed by atoms with van der Waals surface area (Å²) >= 11 is 0. The Morgan fingerprint density at radius 3 is 1.76 bits per heavy atom. The van der Waals surface area contributed by atoms with Gasteiger partial charge in [-0.25, -0.2) is 19.6 Å². The van der Waals surface area contributed by atoms with Crippen LogP contribution < -0.4 is 10.6 Å². The molecule has 4 aromatic rings. The van der Waals surface area contributed by atoms with Crippen LogP contribution in [0.15, 0.2) is 54.7 Å². The highest BCUT2D eigenvalue weighted by Crippen LogP contribution is 2.36. The minimum absolute atomic E-state index is 0.119. The number of carboxylic acid groups (broad SMARTS) is 1. The lowest BCUT2D eigenvalue weighted by atomic mass is 10.0. The normalized spacial score (nSPS) is 17.8. The molecule has 2 aliphatic heterocycles. The third-order valence-electron chi connectivity index (χ3n) is 11.3. The average molecular weight is 813 g/mol.